The third-order valence-electron chi connectivity index (χ3n) is 4.10. The Labute approximate surface area is 163 Å². The minimum absolute atomic E-state index is 0.133. The van der Waals surface area contributed by atoms with Gasteiger partial charge in [0.05, 0.1) is 32.4 Å². The van der Waals surface area contributed by atoms with E-state index in [4.69, 9.17) is 14.2 Å². The standard InChI is InChI=1S/C20H20N2O5S/c1-25-18-10-14(11-19(26-2)20(18)27-3)13-21-22-28(23,24)17-9-8-15-6-4-5-7-16(15)12-17/h4-13,22H,1-3H3. The van der Waals surface area contributed by atoms with Crippen LogP contribution in [0.3, 0.4) is 0 Å². The van der Waals surface area contributed by atoms with E-state index in [1.807, 2.05) is 24.3 Å². The highest BCUT2D eigenvalue weighted by molar-refractivity contribution is 7.89. The van der Waals surface area contributed by atoms with E-state index in [1.165, 1.54) is 27.5 Å². The quantitative estimate of drug-likeness (QED) is 0.486. The number of benzene rings is 3. The first kappa shape index (κ1) is 19.5. The van der Waals surface area contributed by atoms with Crippen molar-refractivity contribution in [3.63, 3.8) is 0 Å². The Bertz CT molecular complexity index is 1100. The van der Waals surface area contributed by atoms with Crippen molar-refractivity contribution >= 4 is 27.0 Å². The first-order valence-corrected chi connectivity index (χ1v) is 9.80. The zero-order valence-electron chi connectivity index (χ0n) is 15.7. The first-order chi connectivity index (χ1) is 13.5. The summed E-state index contributed by atoms with van der Waals surface area (Å²) in [7, 11) is 0.706. The molecule has 3 aromatic rings. The van der Waals surface area contributed by atoms with Crippen LogP contribution in [0.2, 0.25) is 0 Å². The summed E-state index contributed by atoms with van der Waals surface area (Å²) in [4.78, 5) is 2.35. The van der Waals surface area contributed by atoms with E-state index in [-0.39, 0.29) is 4.90 Å². The van der Waals surface area contributed by atoms with Gasteiger partial charge in [-0.15, -0.1) is 0 Å². The van der Waals surface area contributed by atoms with Crippen LogP contribution < -0.4 is 19.0 Å². The molecule has 0 aliphatic heterocycles. The molecule has 0 aromatic heterocycles. The number of fused-ring (bicyclic) bond motifs is 1. The van der Waals surface area contributed by atoms with Crippen molar-refractivity contribution in [2.24, 2.45) is 5.10 Å². The fourth-order valence-corrected chi connectivity index (χ4v) is 3.56. The van der Waals surface area contributed by atoms with Gasteiger partial charge < -0.3 is 14.2 Å². The maximum atomic E-state index is 12.5. The summed E-state index contributed by atoms with van der Waals surface area (Å²) < 4.78 is 40.8. The van der Waals surface area contributed by atoms with E-state index in [9.17, 15) is 8.42 Å². The summed E-state index contributed by atoms with van der Waals surface area (Å²) in [5.41, 5.74) is 0.579. The van der Waals surface area contributed by atoms with Gasteiger partial charge in [-0.25, -0.2) is 4.83 Å². The molecule has 1 N–H and O–H groups in total. The minimum atomic E-state index is -3.80. The normalized spacial score (nSPS) is 11.5. The Morgan fingerprint density at radius 3 is 2.11 bits per heavy atom. The lowest BCUT2D eigenvalue weighted by atomic mass is 10.1. The summed E-state index contributed by atoms with van der Waals surface area (Å²) >= 11 is 0. The van der Waals surface area contributed by atoms with E-state index in [0.717, 1.165) is 10.8 Å². The van der Waals surface area contributed by atoms with Crippen molar-refractivity contribution < 1.29 is 22.6 Å². The molecule has 0 radical (unpaired) electrons. The van der Waals surface area contributed by atoms with Gasteiger partial charge in [0.25, 0.3) is 10.0 Å². The van der Waals surface area contributed by atoms with Crippen molar-refractivity contribution in [1.82, 2.24) is 4.83 Å². The molecule has 0 aliphatic rings. The molecule has 0 amide bonds. The van der Waals surface area contributed by atoms with Gasteiger partial charge in [-0.2, -0.15) is 13.5 Å². The minimum Gasteiger partial charge on any atom is -0.493 e. The summed E-state index contributed by atoms with van der Waals surface area (Å²) in [6.07, 6.45) is 1.36. The smallest absolute Gasteiger partial charge is 0.276 e. The average Bonchev–Trinajstić information content (AvgIpc) is 2.72. The zero-order chi connectivity index (χ0) is 20.1. The first-order valence-electron chi connectivity index (χ1n) is 8.32. The fraction of sp³-hybridized carbons (Fsp3) is 0.150. The second-order valence-corrected chi connectivity index (χ2v) is 7.48. The van der Waals surface area contributed by atoms with Crippen LogP contribution in [-0.4, -0.2) is 36.0 Å². The van der Waals surface area contributed by atoms with Crippen molar-refractivity contribution in [1.29, 1.82) is 0 Å². The van der Waals surface area contributed by atoms with Gasteiger partial charge in [-0.05, 0) is 35.0 Å². The van der Waals surface area contributed by atoms with E-state index in [0.29, 0.717) is 22.8 Å². The molecule has 3 aromatic carbocycles. The molecule has 8 heteroatoms. The van der Waals surface area contributed by atoms with E-state index in [1.54, 1.807) is 30.3 Å². The monoisotopic (exact) mass is 400 g/mol. The zero-order valence-corrected chi connectivity index (χ0v) is 16.5. The van der Waals surface area contributed by atoms with Crippen LogP contribution in [0.4, 0.5) is 0 Å². The molecule has 7 nitrogen and oxygen atoms in total. The van der Waals surface area contributed by atoms with Crippen LogP contribution >= 0.6 is 0 Å². The van der Waals surface area contributed by atoms with E-state index >= 15 is 0 Å². The highest BCUT2D eigenvalue weighted by Gasteiger charge is 2.14. The topological polar surface area (TPSA) is 86.2 Å². The number of hydrogen-bond donors (Lipinski definition) is 1. The van der Waals surface area contributed by atoms with Crippen molar-refractivity contribution in [3.05, 3.63) is 60.2 Å². The fourth-order valence-electron chi connectivity index (χ4n) is 2.73. The predicted molar refractivity (Wildman–Crippen MR) is 108 cm³/mol. The Balaban J connectivity index is 1.84. The van der Waals surface area contributed by atoms with Crippen LogP contribution in [0, 0.1) is 0 Å². The molecule has 0 saturated heterocycles. The highest BCUT2D eigenvalue weighted by atomic mass is 32.2. The number of ether oxygens (including phenoxy) is 3. The lowest BCUT2D eigenvalue weighted by Crippen LogP contribution is -2.18. The number of nitrogens with one attached hydrogen (secondary N) is 1. The molecule has 0 aliphatic carbocycles. The number of methoxy groups -OCH3 is 3. The molecule has 0 saturated carbocycles. The van der Waals surface area contributed by atoms with Crippen molar-refractivity contribution in [3.8, 4) is 17.2 Å². The molecule has 0 fully saturated rings. The largest absolute Gasteiger partial charge is 0.493 e. The van der Waals surface area contributed by atoms with Gasteiger partial charge in [0.2, 0.25) is 5.75 Å². The lowest BCUT2D eigenvalue weighted by molar-refractivity contribution is 0.324. The lowest BCUT2D eigenvalue weighted by Gasteiger charge is -2.12. The molecule has 28 heavy (non-hydrogen) atoms. The number of nitrogens with zero attached hydrogens (tertiary/aromatic N) is 1. The number of rotatable bonds is 7. The Hall–Kier alpha value is -3.26. The van der Waals surface area contributed by atoms with Crippen LogP contribution in [0.5, 0.6) is 17.2 Å². The summed E-state index contributed by atoms with van der Waals surface area (Å²) in [5.74, 6) is 1.33. The van der Waals surface area contributed by atoms with Crippen LogP contribution in [0.15, 0.2) is 64.6 Å². The maximum absolute atomic E-state index is 12.5. The Morgan fingerprint density at radius 1 is 0.857 bits per heavy atom. The number of hydrazone groups is 1. The maximum Gasteiger partial charge on any atom is 0.276 e. The molecular weight excluding hydrogens is 380 g/mol. The number of hydrogen-bond acceptors (Lipinski definition) is 6. The summed E-state index contributed by atoms with van der Waals surface area (Å²) in [6.45, 7) is 0. The average molecular weight is 400 g/mol. The van der Waals surface area contributed by atoms with Gasteiger partial charge in [-0.3, -0.25) is 0 Å². The van der Waals surface area contributed by atoms with Gasteiger partial charge >= 0.3 is 0 Å². The van der Waals surface area contributed by atoms with E-state index < -0.39 is 10.0 Å². The molecule has 146 valence electrons. The Kier molecular flexibility index (Phi) is 5.70. The van der Waals surface area contributed by atoms with Crippen LogP contribution in [0.25, 0.3) is 10.8 Å². The third kappa shape index (κ3) is 4.01. The molecule has 0 spiro atoms. The second kappa shape index (κ2) is 8.18. The van der Waals surface area contributed by atoms with Gasteiger partial charge in [0.1, 0.15) is 0 Å². The van der Waals surface area contributed by atoms with Crippen molar-refractivity contribution in [2.75, 3.05) is 21.3 Å². The van der Waals surface area contributed by atoms with Gasteiger partial charge in [-0.1, -0.05) is 30.3 Å². The van der Waals surface area contributed by atoms with Crippen molar-refractivity contribution in [2.45, 2.75) is 4.90 Å². The Morgan fingerprint density at radius 2 is 1.50 bits per heavy atom. The molecule has 0 atom stereocenters. The number of sulfonamides is 1. The van der Waals surface area contributed by atoms with Crippen LogP contribution in [-0.2, 0) is 10.0 Å². The van der Waals surface area contributed by atoms with Gasteiger partial charge in [0.15, 0.2) is 11.5 Å². The highest BCUT2D eigenvalue weighted by Crippen LogP contribution is 2.37. The second-order valence-electron chi connectivity index (χ2n) is 5.82. The molecule has 0 bridgehead atoms. The van der Waals surface area contributed by atoms with Crippen LogP contribution in [0.1, 0.15) is 5.56 Å². The predicted octanol–water partition coefficient (Wildman–Crippen LogP) is 3.18. The molecular formula is C20H20N2O5S. The third-order valence-corrected chi connectivity index (χ3v) is 5.33. The molecule has 0 unspecified atom stereocenters. The SMILES string of the molecule is COc1cc(C=NNS(=O)(=O)c2ccc3ccccc3c2)cc(OC)c1OC. The van der Waals surface area contributed by atoms with E-state index in [2.05, 4.69) is 9.93 Å². The molecule has 3 rings (SSSR count). The van der Waals surface area contributed by atoms with Gasteiger partial charge in [0, 0.05) is 5.56 Å². The molecule has 0 heterocycles. The summed E-state index contributed by atoms with van der Waals surface area (Å²) in [6, 6.07) is 15.8. The summed E-state index contributed by atoms with van der Waals surface area (Å²) in [5, 5.41) is 5.65.